The minimum Gasteiger partial charge on any atom is -0.397 e. The molecular formula is C13H21N3OS. The molecule has 3 N–H and O–H groups in total. The summed E-state index contributed by atoms with van der Waals surface area (Å²) in [7, 11) is 0. The average Bonchev–Trinajstić information content (AvgIpc) is 2.55. The average molecular weight is 267 g/mol. The first-order valence-electron chi connectivity index (χ1n) is 6.48. The van der Waals surface area contributed by atoms with E-state index in [4.69, 9.17) is 5.73 Å². The molecule has 0 amide bonds. The zero-order chi connectivity index (χ0) is 13.1. The zero-order valence-electron chi connectivity index (χ0n) is 11.0. The number of nitrogen functional groups attached to an aromatic ring is 1. The van der Waals surface area contributed by atoms with Crippen LogP contribution in [0.3, 0.4) is 0 Å². The lowest BCUT2D eigenvalue weighted by atomic mass is 10.1. The van der Waals surface area contributed by atoms with Crippen LogP contribution in [0.2, 0.25) is 0 Å². The predicted octanol–water partition coefficient (Wildman–Crippen LogP) is 1.97. The first-order valence-corrected chi connectivity index (χ1v) is 7.30. The molecule has 5 heteroatoms. The van der Waals surface area contributed by atoms with Crippen LogP contribution in [0.15, 0.2) is 6.07 Å². The van der Waals surface area contributed by atoms with Crippen LogP contribution < -0.4 is 16.0 Å². The lowest BCUT2D eigenvalue weighted by molar-refractivity contribution is 0.0944. The van der Waals surface area contributed by atoms with Gasteiger partial charge in [-0.3, -0.25) is 4.79 Å². The van der Waals surface area contributed by atoms with Crippen molar-refractivity contribution in [2.75, 3.05) is 36.8 Å². The smallest absolute Gasteiger partial charge is 0.177 e. The predicted molar refractivity (Wildman–Crippen MR) is 77.6 cm³/mol. The van der Waals surface area contributed by atoms with Gasteiger partial charge in [-0.15, -0.1) is 11.3 Å². The number of nitrogens with zero attached hydrogens (tertiary/aromatic N) is 1. The SMILES string of the molecule is CC(C)C(=O)c1sc(N2CCCNCC2)cc1N. The van der Waals surface area contributed by atoms with Crippen LogP contribution in [-0.2, 0) is 0 Å². The number of rotatable bonds is 3. The molecule has 0 bridgehead atoms. The third-order valence-corrected chi connectivity index (χ3v) is 4.37. The quantitative estimate of drug-likeness (QED) is 0.822. The molecule has 0 spiro atoms. The number of hydrogen-bond donors (Lipinski definition) is 2. The van der Waals surface area contributed by atoms with E-state index in [1.807, 2.05) is 19.9 Å². The van der Waals surface area contributed by atoms with Gasteiger partial charge in [-0.1, -0.05) is 13.8 Å². The van der Waals surface area contributed by atoms with E-state index in [1.54, 1.807) is 0 Å². The molecule has 1 saturated heterocycles. The number of carbonyl (C=O) groups is 1. The minimum absolute atomic E-state index is 0.00426. The lowest BCUT2D eigenvalue weighted by Gasteiger charge is -2.19. The fourth-order valence-corrected chi connectivity index (χ4v) is 3.29. The maximum atomic E-state index is 12.0. The number of Topliss-reactive ketones (excluding diaryl/α,β-unsaturated/α-hetero) is 1. The summed E-state index contributed by atoms with van der Waals surface area (Å²) >= 11 is 1.54. The maximum absolute atomic E-state index is 12.0. The summed E-state index contributed by atoms with van der Waals surface area (Å²) in [6.45, 7) is 7.89. The highest BCUT2D eigenvalue weighted by atomic mass is 32.1. The van der Waals surface area contributed by atoms with Gasteiger partial charge in [0.1, 0.15) is 0 Å². The summed E-state index contributed by atoms with van der Waals surface area (Å²) in [6, 6.07) is 1.95. The largest absolute Gasteiger partial charge is 0.397 e. The van der Waals surface area contributed by atoms with Gasteiger partial charge in [0.15, 0.2) is 5.78 Å². The van der Waals surface area contributed by atoms with E-state index in [1.165, 1.54) is 11.3 Å². The second-order valence-corrected chi connectivity index (χ2v) is 6.01. The molecule has 1 fully saturated rings. The highest BCUT2D eigenvalue weighted by molar-refractivity contribution is 7.18. The van der Waals surface area contributed by atoms with E-state index in [9.17, 15) is 4.79 Å². The molecule has 1 aliphatic rings. The van der Waals surface area contributed by atoms with Gasteiger partial charge < -0.3 is 16.0 Å². The Balaban J connectivity index is 2.19. The number of ketones is 1. The van der Waals surface area contributed by atoms with Crippen molar-refractivity contribution < 1.29 is 4.79 Å². The number of thiophene rings is 1. The van der Waals surface area contributed by atoms with Crippen LogP contribution in [0.1, 0.15) is 29.9 Å². The first-order chi connectivity index (χ1) is 8.59. The fraction of sp³-hybridized carbons (Fsp3) is 0.615. The van der Waals surface area contributed by atoms with Crippen molar-refractivity contribution in [1.82, 2.24) is 5.32 Å². The zero-order valence-corrected chi connectivity index (χ0v) is 11.8. The Bertz CT molecular complexity index is 420. The van der Waals surface area contributed by atoms with Crippen molar-refractivity contribution in [3.63, 3.8) is 0 Å². The van der Waals surface area contributed by atoms with Gasteiger partial charge in [0.25, 0.3) is 0 Å². The minimum atomic E-state index is 0.00426. The fourth-order valence-electron chi connectivity index (χ4n) is 2.07. The summed E-state index contributed by atoms with van der Waals surface area (Å²) in [6.07, 6.45) is 1.13. The van der Waals surface area contributed by atoms with Gasteiger partial charge in [-0.2, -0.15) is 0 Å². The van der Waals surface area contributed by atoms with Crippen molar-refractivity contribution in [2.45, 2.75) is 20.3 Å². The molecule has 0 saturated carbocycles. The van der Waals surface area contributed by atoms with Crippen LogP contribution in [0.5, 0.6) is 0 Å². The highest BCUT2D eigenvalue weighted by Gasteiger charge is 2.20. The number of carbonyl (C=O) groups excluding carboxylic acids is 1. The number of nitrogens with one attached hydrogen (secondary N) is 1. The molecule has 1 aliphatic heterocycles. The monoisotopic (exact) mass is 267 g/mol. The third kappa shape index (κ3) is 2.84. The summed E-state index contributed by atoms with van der Waals surface area (Å²) in [5.41, 5.74) is 6.60. The summed E-state index contributed by atoms with van der Waals surface area (Å²) in [5.74, 6) is 0.154. The van der Waals surface area contributed by atoms with Gasteiger partial charge in [-0.25, -0.2) is 0 Å². The number of hydrogen-bond acceptors (Lipinski definition) is 5. The standard InChI is InChI=1S/C13H21N3OS/c1-9(2)12(17)13-10(14)8-11(18-13)16-6-3-4-15-5-7-16/h8-9,15H,3-7,14H2,1-2H3. The molecule has 0 atom stereocenters. The topological polar surface area (TPSA) is 58.4 Å². The Morgan fingerprint density at radius 2 is 2.22 bits per heavy atom. The van der Waals surface area contributed by atoms with Crippen molar-refractivity contribution >= 4 is 27.8 Å². The van der Waals surface area contributed by atoms with E-state index in [2.05, 4.69) is 10.2 Å². The Morgan fingerprint density at radius 1 is 1.44 bits per heavy atom. The molecule has 0 unspecified atom stereocenters. The van der Waals surface area contributed by atoms with Crippen molar-refractivity contribution in [3.05, 3.63) is 10.9 Å². The molecule has 1 aromatic rings. The van der Waals surface area contributed by atoms with E-state index in [0.717, 1.165) is 42.5 Å². The van der Waals surface area contributed by atoms with E-state index >= 15 is 0 Å². The third-order valence-electron chi connectivity index (χ3n) is 3.15. The van der Waals surface area contributed by atoms with Crippen molar-refractivity contribution in [3.8, 4) is 0 Å². The molecule has 0 aliphatic carbocycles. The Labute approximate surface area is 112 Å². The summed E-state index contributed by atoms with van der Waals surface area (Å²) < 4.78 is 0. The summed E-state index contributed by atoms with van der Waals surface area (Å²) in [4.78, 5) is 15.1. The lowest BCUT2D eigenvalue weighted by Crippen LogP contribution is -2.26. The van der Waals surface area contributed by atoms with Crippen LogP contribution in [0.4, 0.5) is 10.7 Å². The highest BCUT2D eigenvalue weighted by Crippen LogP contribution is 2.34. The van der Waals surface area contributed by atoms with Crippen molar-refractivity contribution in [1.29, 1.82) is 0 Å². The van der Waals surface area contributed by atoms with E-state index in [-0.39, 0.29) is 11.7 Å². The van der Waals surface area contributed by atoms with Crippen LogP contribution in [-0.4, -0.2) is 32.0 Å². The van der Waals surface area contributed by atoms with Gasteiger partial charge in [0.05, 0.1) is 15.6 Å². The second kappa shape index (κ2) is 5.71. The van der Waals surface area contributed by atoms with Gasteiger partial charge in [0.2, 0.25) is 0 Å². The van der Waals surface area contributed by atoms with Gasteiger partial charge in [-0.05, 0) is 19.0 Å². The van der Waals surface area contributed by atoms with Crippen LogP contribution >= 0.6 is 11.3 Å². The molecule has 2 heterocycles. The van der Waals surface area contributed by atoms with E-state index < -0.39 is 0 Å². The maximum Gasteiger partial charge on any atom is 0.177 e. The van der Waals surface area contributed by atoms with E-state index in [0.29, 0.717) is 5.69 Å². The molecule has 4 nitrogen and oxygen atoms in total. The Morgan fingerprint density at radius 3 is 2.94 bits per heavy atom. The van der Waals surface area contributed by atoms with Crippen molar-refractivity contribution in [2.24, 2.45) is 5.92 Å². The molecule has 0 radical (unpaired) electrons. The van der Waals surface area contributed by atoms with Crippen LogP contribution in [0.25, 0.3) is 0 Å². The Kier molecular flexibility index (Phi) is 4.24. The molecule has 100 valence electrons. The molecule has 0 aromatic carbocycles. The first kappa shape index (κ1) is 13.4. The molecule has 2 rings (SSSR count). The van der Waals surface area contributed by atoms with Gasteiger partial charge in [0, 0.05) is 25.6 Å². The molecule has 18 heavy (non-hydrogen) atoms. The number of nitrogens with two attached hydrogens (primary N) is 1. The second-order valence-electron chi connectivity index (χ2n) is 4.98. The Hall–Kier alpha value is -1.07. The molecule has 1 aromatic heterocycles. The van der Waals surface area contributed by atoms with Crippen LogP contribution in [0, 0.1) is 5.92 Å². The number of anilines is 2. The normalized spacial score (nSPS) is 16.9. The molecular weight excluding hydrogens is 246 g/mol. The summed E-state index contributed by atoms with van der Waals surface area (Å²) in [5, 5.41) is 4.50. The van der Waals surface area contributed by atoms with Gasteiger partial charge >= 0.3 is 0 Å².